The summed E-state index contributed by atoms with van der Waals surface area (Å²) in [6, 6.07) is 0. The fourth-order valence-corrected chi connectivity index (χ4v) is 3.08. The van der Waals surface area contributed by atoms with Crippen LogP contribution < -0.4 is 4.90 Å². The van der Waals surface area contributed by atoms with Crippen LogP contribution in [0.25, 0.3) is 0 Å². The molecule has 0 aliphatic carbocycles. The van der Waals surface area contributed by atoms with Crippen molar-refractivity contribution >= 4 is 28.1 Å². The molecule has 1 aromatic heterocycles. The van der Waals surface area contributed by atoms with Crippen molar-refractivity contribution in [3.05, 3.63) is 10.6 Å². The van der Waals surface area contributed by atoms with Gasteiger partial charge in [-0.3, -0.25) is 0 Å². The third-order valence-corrected chi connectivity index (χ3v) is 4.27. The van der Waals surface area contributed by atoms with Gasteiger partial charge in [-0.05, 0) is 26.2 Å². The predicted molar refractivity (Wildman–Crippen MR) is 62.5 cm³/mol. The van der Waals surface area contributed by atoms with E-state index in [0.717, 1.165) is 23.9 Å². The number of anilines is 1. The van der Waals surface area contributed by atoms with Crippen molar-refractivity contribution in [3.8, 4) is 0 Å². The van der Waals surface area contributed by atoms with Gasteiger partial charge in [0.05, 0.1) is 11.6 Å². The van der Waals surface area contributed by atoms with Crippen LogP contribution >= 0.6 is 22.9 Å². The van der Waals surface area contributed by atoms with Crippen molar-refractivity contribution < 1.29 is 0 Å². The predicted octanol–water partition coefficient (Wildman–Crippen LogP) is 3.18. The van der Waals surface area contributed by atoms with Gasteiger partial charge in [0.1, 0.15) is 0 Å². The molecule has 1 fully saturated rings. The van der Waals surface area contributed by atoms with Crippen molar-refractivity contribution in [2.24, 2.45) is 0 Å². The number of nitrogens with zero attached hydrogens (tertiary/aromatic N) is 2. The molecule has 0 N–H and O–H groups in total. The van der Waals surface area contributed by atoms with E-state index >= 15 is 0 Å². The summed E-state index contributed by atoms with van der Waals surface area (Å²) >= 11 is 7.59. The molecule has 1 aromatic rings. The lowest BCUT2D eigenvalue weighted by Crippen LogP contribution is -2.29. The monoisotopic (exact) mass is 230 g/mol. The molecule has 78 valence electrons. The highest BCUT2D eigenvalue weighted by molar-refractivity contribution is 7.15. The van der Waals surface area contributed by atoms with Gasteiger partial charge in [-0.2, -0.15) is 0 Å². The van der Waals surface area contributed by atoms with E-state index in [-0.39, 0.29) is 0 Å². The zero-order valence-corrected chi connectivity index (χ0v) is 10.00. The number of aromatic nitrogens is 1. The molecular weight excluding hydrogens is 216 g/mol. The van der Waals surface area contributed by atoms with Crippen LogP contribution in [0, 0.1) is 6.92 Å². The first-order chi connectivity index (χ1) is 6.81. The van der Waals surface area contributed by atoms with Gasteiger partial charge in [0, 0.05) is 18.0 Å². The summed E-state index contributed by atoms with van der Waals surface area (Å²) < 4.78 is 0. The molecular formula is C10H15ClN2S. The summed E-state index contributed by atoms with van der Waals surface area (Å²) in [5.41, 5.74) is 1.10. The summed E-state index contributed by atoms with van der Waals surface area (Å²) in [7, 11) is 0. The van der Waals surface area contributed by atoms with Gasteiger partial charge in [0.15, 0.2) is 5.13 Å². The highest BCUT2D eigenvalue weighted by Gasteiger charge is 2.15. The quantitative estimate of drug-likeness (QED) is 0.726. The standard InChI is InChI=1S/C10H15ClN2S/c1-8-9(7-11)14-10(12-8)13-5-3-2-4-6-13/h2-7H2,1H3. The molecule has 0 atom stereocenters. The van der Waals surface area contributed by atoms with E-state index in [1.54, 1.807) is 11.3 Å². The molecule has 1 aliphatic heterocycles. The van der Waals surface area contributed by atoms with Crippen molar-refractivity contribution in [2.45, 2.75) is 32.1 Å². The van der Waals surface area contributed by atoms with Crippen LogP contribution in [0.3, 0.4) is 0 Å². The van der Waals surface area contributed by atoms with Crippen LogP contribution in [0.4, 0.5) is 5.13 Å². The third kappa shape index (κ3) is 2.04. The summed E-state index contributed by atoms with van der Waals surface area (Å²) in [6.07, 6.45) is 3.97. The van der Waals surface area contributed by atoms with Crippen LogP contribution in [0.1, 0.15) is 29.8 Å². The number of hydrogen-bond donors (Lipinski definition) is 0. The normalized spacial score (nSPS) is 17.4. The Labute approximate surface area is 93.9 Å². The van der Waals surface area contributed by atoms with E-state index in [1.807, 2.05) is 6.92 Å². The van der Waals surface area contributed by atoms with Crippen LogP contribution in [-0.4, -0.2) is 18.1 Å². The van der Waals surface area contributed by atoms with E-state index in [9.17, 15) is 0 Å². The second-order valence-corrected chi connectivity index (χ2v) is 5.02. The van der Waals surface area contributed by atoms with Crippen LogP contribution in [-0.2, 0) is 5.88 Å². The maximum atomic E-state index is 5.84. The van der Waals surface area contributed by atoms with E-state index in [2.05, 4.69) is 9.88 Å². The van der Waals surface area contributed by atoms with Crippen LogP contribution in [0.15, 0.2) is 0 Å². The number of alkyl halides is 1. The zero-order valence-electron chi connectivity index (χ0n) is 8.42. The summed E-state index contributed by atoms with van der Waals surface area (Å²) in [4.78, 5) is 8.17. The number of thiazole rings is 1. The van der Waals surface area contributed by atoms with Gasteiger partial charge in [0.25, 0.3) is 0 Å². The Balaban J connectivity index is 2.14. The maximum Gasteiger partial charge on any atom is 0.185 e. The maximum absolute atomic E-state index is 5.84. The second-order valence-electron chi connectivity index (χ2n) is 3.69. The van der Waals surface area contributed by atoms with Gasteiger partial charge in [-0.25, -0.2) is 4.98 Å². The van der Waals surface area contributed by atoms with Crippen molar-refractivity contribution in [2.75, 3.05) is 18.0 Å². The Morgan fingerprint density at radius 2 is 2.07 bits per heavy atom. The van der Waals surface area contributed by atoms with E-state index in [4.69, 9.17) is 11.6 Å². The highest BCUT2D eigenvalue weighted by Crippen LogP contribution is 2.28. The summed E-state index contributed by atoms with van der Waals surface area (Å²) in [6.45, 7) is 4.37. The first-order valence-electron chi connectivity index (χ1n) is 5.08. The lowest BCUT2D eigenvalue weighted by atomic mass is 10.1. The molecule has 0 radical (unpaired) electrons. The molecule has 1 aliphatic rings. The Hall–Kier alpha value is -0.280. The average molecular weight is 231 g/mol. The fourth-order valence-electron chi connectivity index (χ4n) is 1.76. The molecule has 0 aromatic carbocycles. The number of piperidine rings is 1. The van der Waals surface area contributed by atoms with E-state index in [1.165, 1.54) is 24.1 Å². The minimum Gasteiger partial charge on any atom is -0.348 e. The first-order valence-corrected chi connectivity index (χ1v) is 6.43. The molecule has 0 spiro atoms. The minimum atomic E-state index is 0.595. The zero-order chi connectivity index (χ0) is 9.97. The Kier molecular flexibility index (Phi) is 3.29. The number of aryl methyl sites for hydroxylation is 1. The molecule has 2 heterocycles. The fraction of sp³-hybridized carbons (Fsp3) is 0.700. The molecule has 14 heavy (non-hydrogen) atoms. The third-order valence-electron chi connectivity index (χ3n) is 2.63. The van der Waals surface area contributed by atoms with Crippen molar-refractivity contribution in [1.29, 1.82) is 0 Å². The summed E-state index contributed by atoms with van der Waals surface area (Å²) in [5, 5.41) is 1.16. The number of rotatable bonds is 2. The molecule has 4 heteroatoms. The second kappa shape index (κ2) is 4.49. The van der Waals surface area contributed by atoms with E-state index < -0.39 is 0 Å². The lowest BCUT2D eigenvalue weighted by molar-refractivity contribution is 0.576. The van der Waals surface area contributed by atoms with Gasteiger partial charge in [0.2, 0.25) is 0 Å². The SMILES string of the molecule is Cc1nc(N2CCCCC2)sc1CCl. The lowest BCUT2D eigenvalue weighted by Gasteiger charge is -2.25. The van der Waals surface area contributed by atoms with E-state index in [0.29, 0.717) is 5.88 Å². The molecule has 2 rings (SSSR count). The Morgan fingerprint density at radius 1 is 1.36 bits per heavy atom. The number of hydrogen-bond acceptors (Lipinski definition) is 3. The molecule has 0 amide bonds. The Morgan fingerprint density at radius 3 is 2.64 bits per heavy atom. The van der Waals surface area contributed by atoms with Gasteiger partial charge >= 0.3 is 0 Å². The van der Waals surface area contributed by atoms with Gasteiger partial charge < -0.3 is 4.90 Å². The topological polar surface area (TPSA) is 16.1 Å². The number of halogens is 1. The molecule has 2 nitrogen and oxygen atoms in total. The van der Waals surface area contributed by atoms with Gasteiger partial charge in [-0.1, -0.05) is 0 Å². The summed E-state index contributed by atoms with van der Waals surface area (Å²) in [5.74, 6) is 0.595. The average Bonchev–Trinajstić information content (AvgIpc) is 2.61. The Bertz CT molecular complexity index is 305. The molecule has 0 unspecified atom stereocenters. The van der Waals surface area contributed by atoms with Crippen molar-refractivity contribution in [1.82, 2.24) is 4.98 Å². The van der Waals surface area contributed by atoms with Crippen molar-refractivity contribution in [3.63, 3.8) is 0 Å². The first kappa shape index (κ1) is 10.2. The highest BCUT2D eigenvalue weighted by atomic mass is 35.5. The van der Waals surface area contributed by atoms with Crippen LogP contribution in [0.5, 0.6) is 0 Å². The molecule has 1 saturated heterocycles. The van der Waals surface area contributed by atoms with Crippen LogP contribution in [0.2, 0.25) is 0 Å². The van der Waals surface area contributed by atoms with Gasteiger partial charge in [-0.15, -0.1) is 22.9 Å². The largest absolute Gasteiger partial charge is 0.348 e. The smallest absolute Gasteiger partial charge is 0.185 e. The molecule has 0 saturated carbocycles. The molecule has 0 bridgehead atoms. The minimum absolute atomic E-state index is 0.595.